The predicted molar refractivity (Wildman–Crippen MR) is 380 cm³/mol. The maximum absolute atomic E-state index is 3.79. The number of hydrogen-bond donors (Lipinski definition) is 0. The second-order valence-corrected chi connectivity index (χ2v) is 112. The molecule has 0 spiro atoms. The second-order valence-electron chi connectivity index (χ2n) is 37.4. The Bertz CT molecular complexity index is 2100. The van der Waals surface area contributed by atoms with E-state index in [-0.39, 0.29) is 0 Å². The first-order valence-electron chi connectivity index (χ1n) is 29.3. The summed E-state index contributed by atoms with van der Waals surface area (Å²) in [5.41, 5.74) is 11.3. The Hall–Kier alpha value is 0.805. The molecule has 414 valence electrons. The fourth-order valence-corrected chi connectivity index (χ4v) is 110. The van der Waals surface area contributed by atoms with Crippen molar-refractivity contribution in [2.75, 3.05) is 0 Å². The van der Waals surface area contributed by atoms with Crippen molar-refractivity contribution in [2.24, 2.45) is 0 Å². The first-order chi connectivity index (χ1) is 31.9. The van der Waals surface area contributed by atoms with E-state index in [0.29, 0.717) is 31.0 Å². The third-order valence-electron chi connectivity index (χ3n) is 17.2. The molecule has 0 amide bonds. The quantitative estimate of drug-likeness (QED) is 0.0774. The molecular formula is C60H122GeSi12. The van der Waals surface area contributed by atoms with E-state index in [0.717, 1.165) is 0 Å². The number of rotatable bonds is 20. The van der Waals surface area contributed by atoms with Crippen molar-refractivity contribution in [2.45, 2.75) is 267 Å². The van der Waals surface area contributed by atoms with E-state index in [4.69, 9.17) is 0 Å². The van der Waals surface area contributed by atoms with Gasteiger partial charge in [0.05, 0.1) is 0 Å². The van der Waals surface area contributed by atoms with E-state index in [2.05, 4.69) is 284 Å². The van der Waals surface area contributed by atoms with Gasteiger partial charge in [-0.05, 0) is 0 Å². The van der Waals surface area contributed by atoms with Crippen LogP contribution in [0.3, 0.4) is 0 Å². The monoisotopic (exact) mass is 1250 g/mol. The standard InChI is InChI=1S/C60H122GeSi12/c1-62(2,3)55(63(4,5)6)45-41-47(57(66(13,14)15)67(16,17)18)53(48(42-45)58(68(19,20)21)69(22,23)24)61(51-39-37-38-40-52(51)61)54-49(59(70(25,26)27)71(28,29)30)43-46(56(64(7,8)9)65(10,11)12)44-50(54)60(72(31,32)33)73(34,35)36/h37-44,55-60H,1-36H3. The van der Waals surface area contributed by atoms with Crippen molar-refractivity contribution in [3.05, 3.63) is 81.9 Å². The second kappa shape index (κ2) is 20.7. The van der Waals surface area contributed by atoms with Crippen LogP contribution < -0.4 is 17.6 Å². The van der Waals surface area contributed by atoms with Gasteiger partial charge < -0.3 is 0 Å². The first kappa shape index (κ1) is 66.3. The molecule has 0 atom stereocenters. The van der Waals surface area contributed by atoms with Crippen LogP contribution in [-0.2, 0) is 0 Å². The topological polar surface area (TPSA) is 0 Å². The number of fused-ring (bicyclic) bond motifs is 1. The molecule has 1 aliphatic heterocycles. The molecule has 4 rings (SSSR count). The Morgan fingerprint density at radius 1 is 0.233 bits per heavy atom. The van der Waals surface area contributed by atoms with Crippen LogP contribution in [-0.4, -0.2) is 110 Å². The Balaban J connectivity index is 2.81. The van der Waals surface area contributed by atoms with E-state index >= 15 is 0 Å². The third kappa shape index (κ3) is 13.9. The normalized spacial score (nSPS) is 16.2. The van der Waals surface area contributed by atoms with E-state index in [1.807, 2.05) is 39.8 Å². The van der Waals surface area contributed by atoms with Gasteiger partial charge in [-0.1, -0.05) is 0 Å². The van der Waals surface area contributed by atoms with Crippen molar-refractivity contribution in [3.8, 4) is 0 Å². The van der Waals surface area contributed by atoms with Gasteiger partial charge in [0.25, 0.3) is 0 Å². The van der Waals surface area contributed by atoms with Gasteiger partial charge in [0.1, 0.15) is 0 Å². The molecule has 0 saturated heterocycles. The van der Waals surface area contributed by atoms with Crippen LogP contribution in [0.1, 0.15) is 64.4 Å². The summed E-state index contributed by atoms with van der Waals surface area (Å²) in [6, 6.07) is 23.0. The van der Waals surface area contributed by atoms with E-state index in [9.17, 15) is 0 Å². The molecular weight excluding hydrogens is 1130 g/mol. The van der Waals surface area contributed by atoms with Crippen molar-refractivity contribution in [1.29, 1.82) is 0 Å². The van der Waals surface area contributed by atoms with Crippen LogP contribution in [0, 0.1) is 0 Å². The fraction of sp³-hybridized carbons (Fsp3) is 0.700. The minimum absolute atomic E-state index is 0.671. The molecule has 0 unspecified atom stereocenters. The third-order valence-corrected chi connectivity index (χ3v) is 83.2. The van der Waals surface area contributed by atoms with Crippen molar-refractivity contribution >= 4 is 128 Å². The summed E-state index contributed by atoms with van der Waals surface area (Å²) in [5.74, 6) is 0. The molecule has 0 saturated carbocycles. The van der Waals surface area contributed by atoms with Crippen LogP contribution in [0.15, 0.2) is 48.5 Å². The van der Waals surface area contributed by atoms with Gasteiger partial charge in [-0.15, -0.1) is 0 Å². The summed E-state index contributed by atoms with van der Waals surface area (Å²) in [5, 5.41) is 4.10. The van der Waals surface area contributed by atoms with Crippen molar-refractivity contribution < 1.29 is 0 Å². The minimum atomic E-state index is -3.79. The molecule has 0 bridgehead atoms. The SMILES string of the molecule is C[Si](C)(C)C(c1cc(C([Si](C)(C)C)[Si](C)(C)C)[c]([Ge]2([c]3c(C([Si](C)(C)C)[Si](C)(C)C)cc(C([Si](C)(C)C)[Si](C)(C)C)cc3C([Si](C)(C)C)[Si](C)(C)C)[c]3cccc[c]32)c(C([Si](C)(C)C)[Si](C)(C)C)c1)[Si](C)(C)C. The molecule has 3 aromatic carbocycles. The Kier molecular flexibility index (Phi) is 18.8. The average molecular weight is 1250 g/mol. The first-order valence-corrected chi connectivity index (χ1v) is 76.5. The molecule has 0 fully saturated rings. The average Bonchev–Trinajstić information content (AvgIpc) is 3.68. The zero-order chi connectivity index (χ0) is 57.4. The van der Waals surface area contributed by atoms with Gasteiger partial charge >= 0.3 is 476 Å². The molecule has 0 N–H and O–H groups in total. The van der Waals surface area contributed by atoms with Gasteiger partial charge in [0, 0.05) is 0 Å². The van der Waals surface area contributed by atoms with Gasteiger partial charge in [-0.3, -0.25) is 0 Å². The zero-order valence-electron chi connectivity index (χ0n) is 55.6. The molecule has 0 aliphatic carbocycles. The summed E-state index contributed by atoms with van der Waals surface area (Å²) < 4.78 is 7.79. The molecule has 1 heterocycles. The summed E-state index contributed by atoms with van der Waals surface area (Å²) in [6.07, 6.45) is 0. The van der Waals surface area contributed by atoms with Crippen LogP contribution in [0.5, 0.6) is 0 Å². The molecule has 73 heavy (non-hydrogen) atoms. The van der Waals surface area contributed by atoms with E-state index in [1.54, 1.807) is 11.1 Å². The summed E-state index contributed by atoms with van der Waals surface area (Å²) >= 11 is -3.79. The van der Waals surface area contributed by atoms with Crippen LogP contribution >= 0.6 is 0 Å². The molecule has 1 aliphatic rings. The van der Waals surface area contributed by atoms with Gasteiger partial charge in [-0.2, -0.15) is 0 Å². The Labute approximate surface area is 472 Å². The predicted octanol–water partition coefficient (Wildman–Crippen LogP) is 18.4. The summed E-state index contributed by atoms with van der Waals surface area (Å²) in [7, 11) is -21.3. The van der Waals surface area contributed by atoms with Crippen LogP contribution in [0.25, 0.3) is 0 Å². The molecule has 0 radical (unpaired) electrons. The van der Waals surface area contributed by atoms with Crippen molar-refractivity contribution in [1.82, 2.24) is 0 Å². The van der Waals surface area contributed by atoms with Crippen LogP contribution in [0.2, 0.25) is 236 Å². The Morgan fingerprint density at radius 2 is 0.384 bits per heavy atom. The molecule has 0 nitrogen and oxygen atoms in total. The fourth-order valence-electron chi connectivity index (χ4n) is 18.8. The number of hydrogen-bond acceptors (Lipinski definition) is 0. The van der Waals surface area contributed by atoms with Crippen molar-refractivity contribution in [3.63, 3.8) is 0 Å². The van der Waals surface area contributed by atoms with Gasteiger partial charge in [0.15, 0.2) is 0 Å². The van der Waals surface area contributed by atoms with E-state index < -0.39 is 110 Å². The van der Waals surface area contributed by atoms with Crippen LogP contribution in [0.4, 0.5) is 0 Å². The number of benzene rings is 3. The molecule has 3 aromatic rings. The van der Waals surface area contributed by atoms with E-state index in [1.165, 1.54) is 0 Å². The van der Waals surface area contributed by atoms with Gasteiger partial charge in [0.2, 0.25) is 0 Å². The molecule has 0 aromatic heterocycles. The summed E-state index contributed by atoms with van der Waals surface area (Å²) in [4.78, 5) is 0. The Morgan fingerprint density at radius 3 is 0.521 bits per heavy atom. The van der Waals surface area contributed by atoms with Gasteiger partial charge in [-0.25, -0.2) is 0 Å². The maximum atomic E-state index is 3.10. The zero-order valence-corrected chi connectivity index (χ0v) is 69.7. The summed E-state index contributed by atoms with van der Waals surface area (Å²) in [6.45, 7) is 100. The molecule has 13 heteroatoms.